The summed E-state index contributed by atoms with van der Waals surface area (Å²) in [4.78, 5) is 12.3. The standard InChI is InChI=1S/C21H22N2O3S/c1-16(17-7-3-2-4-8-17)23-21(24)13-14-22-27(25,26)20-12-11-18-9-5-6-10-19(18)15-20/h2-12,15-16,22H,13-14H2,1H3,(H,23,24)/t16-/m1/s1. The maximum atomic E-state index is 12.5. The van der Waals surface area contributed by atoms with Crippen molar-refractivity contribution < 1.29 is 13.2 Å². The normalized spacial score (nSPS) is 12.6. The molecule has 5 nitrogen and oxygen atoms in total. The van der Waals surface area contributed by atoms with Gasteiger partial charge in [-0.25, -0.2) is 13.1 Å². The van der Waals surface area contributed by atoms with Crippen molar-refractivity contribution >= 4 is 26.7 Å². The molecule has 3 rings (SSSR count). The summed E-state index contributed by atoms with van der Waals surface area (Å²) in [5, 5.41) is 4.71. The van der Waals surface area contributed by atoms with Crippen molar-refractivity contribution in [1.82, 2.24) is 10.0 Å². The number of carbonyl (C=O) groups is 1. The highest BCUT2D eigenvalue weighted by molar-refractivity contribution is 7.89. The van der Waals surface area contributed by atoms with Crippen molar-refractivity contribution in [3.63, 3.8) is 0 Å². The van der Waals surface area contributed by atoms with E-state index in [4.69, 9.17) is 0 Å². The van der Waals surface area contributed by atoms with E-state index in [1.165, 1.54) is 0 Å². The van der Waals surface area contributed by atoms with Crippen LogP contribution < -0.4 is 10.0 Å². The fourth-order valence-corrected chi connectivity index (χ4v) is 3.92. The smallest absolute Gasteiger partial charge is 0.240 e. The van der Waals surface area contributed by atoms with E-state index in [2.05, 4.69) is 10.0 Å². The first kappa shape index (κ1) is 19.1. The van der Waals surface area contributed by atoms with Crippen LogP contribution >= 0.6 is 0 Å². The molecule has 0 saturated heterocycles. The molecule has 0 aliphatic heterocycles. The minimum atomic E-state index is -3.66. The van der Waals surface area contributed by atoms with E-state index in [0.717, 1.165) is 16.3 Å². The molecule has 1 atom stereocenters. The monoisotopic (exact) mass is 382 g/mol. The van der Waals surface area contributed by atoms with Gasteiger partial charge >= 0.3 is 0 Å². The predicted molar refractivity (Wildman–Crippen MR) is 107 cm³/mol. The molecule has 2 N–H and O–H groups in total. The van der Waals surface area contributed by atoms with Gasteiger partial charge in [0.2, 0.25) is 15.9 Å². The van der Waals surface area contributed by atoms with Crippen molar-refractivity contribution in [3.8, 4) is 0 Å². The molecule has 0 bridgehead atoms. The van der Waals surface area contributed by atoms with Crippen LogP contribution in [0.25, 0.3) is 10.8 Å². The molecule has 0 saturated carbocycles. The van der Waals surface area contributed by atoms with E-state index in [1.807, 2.05) is 61.5 Å². The molecule has 3 aromatic rings. The maximum Gasteiger partial charge on any atom is 0.240 e. The van der Waals surface area contributed by atoms with E-state index in [1.54, 1.807) is 18.2 Å². The third kappa shape index (κ3) is 4.93. The van der Waals surface area contributed by atoms with Gasteiger partial charge in [-0.15, -0.1) is 0 Å². The highest BCUT2D eigenvalue weighted by Crippen LogP contribution is 2.18. The van der Waals surface area contributed by atoms with E-state index < -0.39 is 10.0 Å². The first-order valence-corrected chi connectivity index (χ1v) is 10.3. The quantitative estimate of drug-likeness (QED) is 0.658. The molecule has 0 fully saturated rings. The van der Waals surface area contributed by atoms with Crippen LogP contribution in [-0.4, -0.2) is 20.9 Å². The molecule has 0 unspecified atom stereocenters. The zero-order chi connectivity index (χ0) is 19.3. The minimum Gasteiger partial charge on any atom is -0.350 e. The Kier molecular flexibility index (Phi) is 5.88. The number of benzene rings is 3. The van der Waals surface area contributed by atoms with Crippen LogP contribution in [0.1, 0.15) is 24.9 Å². The van der Waals surface area contributed by atoms with Gasteiger partial charge in [0.05, 0.1) is 10.9 Å². The second kappa shape index (κ2) is 8.33. The van der Waals surface area contributed by atoms with Crippen LogP contribution in [-0.2, 0) is 14.8 Å². The number of carbonyl (C=O) groups excluding carboxylic acids is 1. The van der Waals surface area contributed by atoms with E-state index in [-0.39, 0.29) is 29.8 Å². The fourth-order valence-electron chi connectivity index (χ4n) is 2.86. The Hall–Kier alpha value is -2.70. The second-order valence-electron chi connectivity index (χ2n) is 6.36. The molecule has 0 spiro atoms. The van der Waals surface area contributed by atoms with Gasteiger partial charge in [-0.2, -0.15) is 0 Å². The molecule has 0 heterocycles. The number of fused-ring (bicyclic) bond motifs is 1. The van der Waals surface area contributed by atoms with Gasteiger partial charge in [0, 0.05) is 13.0 Å². The third-order valence-electron chi connectivity index (χ3n) is 4.35. The molecule has 1 amide bonds. The zero-order valence-electron chi connectivity index (χ0n) is 15.1. The van der Waals surface area contributed by atoms with Crippen molar-refractivity contribution in [2.24, 2.45) is 0 Å². The van der Waals surface area contributed by atoms with Gasteiger partial charge in [-0.3, -0.25) is 4.79 Å². The average molecular weight is 382 g/mol. The van der Waals surface area contributed by atoms with Gasteiger partial charge in [0.1, 0.15) is 0 Å². The maximum absolute atomic E-state index is 12.5. The Morgan fingerprint density at radius 3 is 2.33 bits per heavy atom. The third-order valence-corrected chi connectivity index (χ3v) is 5.81. The van der Waals surface area contributed by atoms with Crippen LogP contribution in [0.4, 0.5) is 0 Å². The summed E-state index contributed by atoms with van der Waals surface area (Å²) in [6.07, 6.45) is 0.0734. The first-order valence-electron chi connectivity index (χ1n) is 8.78. The molecule has 0 aromatic heterocycles. The van der Waals surface area contributed by atoms with Crippen LogP contribution in [0.5, 0.6) is 0 Å². The number of rotatable bonds is 7. The lowest BCUT2D eigenvalue weighted by Gasteiger charge is -2.14. The van der Waals surface area contributed by atoms with Gasteiger partial charge in [-0.05, 0) is 35.4 Å². The number of sulfonamides is 1. The summed E-state index contributed by atoms with van der Waals surface area (Å²) in [7, 11) is -3.66. The van der Waals surface area contributed by atoms with Crippen molar-refractivity contribution in [2.75, 3.05) is 6.54 Å². The molecule has 6 heteroatoms. The molecular weight excluding hydrogens is 360 g/mol. The molecule has 3 aromatic carbocycles. The molecule has 27 heavy (non-hydrogen) atoms. The van der Waals surface area contributed by atoms with Gasteiger partial charge < -0.3 is 5.32 Å². The van der Waals surface area contributed by atoms with Crippen molar-refractivity contribution in [3.05, 3.63) is 78.4 Å². The largest absolute Gasteiger partial charge is 0.350 e. The van der Waals surface area contributed by atoms with Crippen LogP contribution in [0.3, 0.4) is 0 Å². The molecular formula is C21H22N2O3S. The van der Waals surface area contributed by atoms with Crippen LogP contribution in [0, 0.1) is 0 Å². The fraction of sp³-hybridized carbons (Fsp3) is 0.190. The summed E-state index contributed by atoms with van der Waals surface area (Å²) < 4.78 is 27.4. The SMILES string of the molecule is C[C@@H](NC(=O)CCNS(=O)(=O)c1ccc2ccccc2c1)c1ccccc1. The number of amides is 1. The Bertz CT molecular complexity index is 1030. The molecule has 0 radical (unpaired) electrons. The minimum absolute atomic E-state index is 0.0441. The van der Waals surface area contributed by atoms with Crippen molar-refractivity contribution in [1.29, 1.82) is 0 Å². The summed E-state index contributed by atoms with van der Waals surface area (Å²) >= 11 is 0. The van der Waals surface area contributed by atoms with Gasteiger partial charge in [0.15, 0.2) is 0 Å². The number of hydrogen-bond donors (Lipinski definition) is 2. The summed E-state index contributed by atoms with van der Waals surface area (Å²) in [6, 6.07) is 22.0. The predicted octanol–water partition coefficient (Wildman–Crippen LogP) is 3.39. The summed E-state index contributed by atoms with van der Waals surface area (Å²) in [5.41, 5.74) is 1.00. The second-order valence-corrected chi connectivity index (χ2v) is 8.12. The Labute approximate surface area is 159 Å². The lowest BCUT2D eigenvalue weighted by Crippen LogP contribution is -2.32. The Morgan fingerprint density at radius 2 is 1.59 bits per heavy atom. The molecule has 0 aliphatic rings. The lowest BCUT2D eigenvalue weighted by atomic mass is 10.1. The van der Waals surface area contributed by atoms with Gasteiger partial charge in [-0.1, -0.05) is 60.7 Å². The molecule has 140 valence electrons. The van der Waals surface area contributed by atoms with E-state index in [0.29, 0.717) is 0 Å². The van der Waals surface area contributed by atoms with Crippen LogP contribution in [0.15, 0.2) is 77.7 Å². The number of hydrogen-bond acceptors (Lipinski definition) is 3. The van der Waals surface area contributed by atoms with E-state index >= 15 is 0 Å². The lowest BCUT2D eigenvalue weighted by molar-refractivity contribution is -0.121. The van der Waals surface area contributed by atoms with Crippen LogP contribution in [0.2, 0.25) is 0 Å². The molecule has 0 aliphatic carbocycles. The Morgan fingerprint density at radius 1 is 0.926 bits per heavy atom. The Balaban J connectivity index is 1.56. The summed E-state index contributed by atoms with van der Waals surface area (Å²) in [5.74, 6) is -0.201. The number of nitrogens with one attached hydrogen (secondary N) is 2. The van der Waals surface area contributed by atoms with Crippen molar-refractivity contribution in [2.45, 2.75) is 24.3 Å². The highest BCUT2D eigenvalue weighted by atomic mass is 32.2. The van der Waals surface area contributed by atoms with E-state index in [9.17, 15) is 13.2 Å². The first-order chi connectivity index (χ1) is 13.0. The zero-order valence-corrected chi connectivity index (χ0v) is 15.9. The summed E-state index contributed by atoms with van der Waals surface area (Å²) in [6.45, 7) is 1.94. The topological polar surface area (TPSA) is 75.3 Å². The highest BCUT2D eigenvalue weighted by Gasteiger charge is 2.15. The van der Waals surface area contributed by atoms with Gasteiger partial charge in [0.25, 0.3) is 0 Å². The average Bonchev–Trinajstić information content (AvgIpc) is 2.68.